The zero-order valence-corrected chi connectivity index (χ0v) is 16.3. The second kappa shape index (κ2) is 7.56. The smallest absolute Gasteiger partial charge is 0.266 e. The zero-order chi connectivity index (χ0) is 20.5. The van der Waals surface area contributed by atoms with E-state index in [1.807, 2.05) is 6.07 Å². The predicted molar refractivity (Wildman–Crippen MR) is 103 cm³/mol. The van der Waals surface area contributed by atoms with E-state index in [0.29, 0.717) is 23.4 Å². The Morgan fingerprint density at radius 1 is 1.39 bits per heavy atom. The summed E-state index contributed by atoms with van der Waals surface area (Å²) in [5.74, 6) is -1.19. The molecule has 1 aliphatic rings. The van der Waals surface area contributed by atoms with Gasteiger partial charge in [0.1, 0.15) is 17.5 Å². The molecule has 0 bridgehead atoms. The number of rotatable bonds is 4. The number of para-hydroxylation sites is 1. The van der Waals surface area contributed by atoms with Gasteiger partial charge in [0, 0.05) is 11.3 Å². The first-order valence-corrected chi connectivity index (χ1v) is 10.5. The second-order valence-electron chi connectivity index (χ2n) is 6.69. The minimum absolute atomic E-state index is 0.0195. The first-order chi connectivity index (χ1) is 13.2. The number of aromatic nitrogens is 2. The van der Waals surface area contributed by atoms with Crippen LogP contribution in [0.2, 0.25) is 0 Å². The Hall–Kier alpha value is -2.99. The molecule has 1 aromatic carbocycles. The number of halogens is 1. The molecule has 1 saturated heterocycles. The number of sulfone groups is 1. The number of carbonyl (C=O) groups is 1. The standard InChI is InChI=1S/C19H19FN4O3S/c1-12-16(13(2)24(23-12)15-7-8-28(26,27)11-15)9-14(10-21)19(25)22-18-6-4-3-5-17(18)20/h3-6,9,15H,7-8,11H2,1-2H3,(H,22,25)/b14-9+/t15-/m0/s1. The fourth-order valence-electron chi connectivity index (χ4n) is 3.25. The van der Waals surface area contributed by atoms with Crippen molar-refractivity contribution in [3.8, 4) is 6.07 Å². The Bertz CT molecular complexity index is 1110. The van der Waals surface area contributed by atoms with Crippen LogP contribution in [-0.2, 0) is 14.6 Å². The lowest BCUT2D eigenvalue weighted by molar-refractivity contribution is -0.112. The summed E-state index contributed by atoms with van der Waals surface area (Å²) in [5.41, 5.74) is 1.60. The van der Waals surface area contributed by atoms with Crippen LogP contribution < -0.4 is 5.32 Å². The molecule has 2 heterocycles. The Morgan fingerprint density at radius 3 is 2.71 bits per heavy atom. The third kappa shape index (κ3) is 3.97. The van der Waals surface area contributed by atoms with Crippen molar-refractivity contribution in [2.45, 2.75) is 26.3 Å². The van der Waals surface area contributed by atoms with Crippen molar-refractivity contribution < 1.29 is 17.6 Å². The number of anilines is 1. The van der Waals surface area contributed by atoms with Gasteiger partial charge >= 0.3 is 0 Å². The topological polar surface area (TPSA) is 105 Å². The molecule has 0 unspecified atom stereocenters. The van der Waals surface area contributed by atoms with Gasteiger partial charge in [-0.25, -0.2) is 12.8 Å². The Labute approximate surface area is 162 Å². The van der Waals surface area contributed by atoms with Crippen LogP contribution in [0.1, 0.15) is 29.4 Å². The van der Waals surface area contributed by atoms with Crippen molar-refractivity contribution in [3.63, 3.8) is 0 Å². The fraction of sp³-hybridized carbons (Fsp3) is 0.316. The number of hydrogen-bond donors (Lipinski definition) is 1. The molecule has 1 N–H and O–H groups in total. The van der Waals surface area contributed by atoms with Crippen LogP contribution >= 0.6 is 0 Å². The molecule has 0 aliphatic carbocycles. The number of carbonyl (C=O) groups excluding carboxylic acids is 1. The molecule has 1 aliphatic heterocycles. The maximum Gasteiger partial charge on any atom is 0.266 e. The average molecular weight is 402 g/mol. The van der Waals surface area contributed by atoms with Crippen LogP contribution in [0.5, 0.6) is 0 Å². The molecule has 1 fully saturated rings. The van der Waals surface area contributed by atoms with Crippen LogP contribution in [0, 0.1) is 31.0 Å². The van der Waals surface area contributed by atoms with Crippen molar-refractivity contribution in [3.05, 3.63) is 52.6 Å². The van der Waals surface area contributed by atoms with E-state index in [4.69, 9.17) is 0 Å². The van der Waals surface area contributed by atoms with Crippen molar-refractivity contribution in [1.82, 2.24) is 9.78 Å². The van der Waals surface area contributed by atoms with Crippen LogP contribution in [0.25, 0.3) is 6.08 Å². The van der Waals surface area contributed by atoms with E-state index < -0.39 is 21.6 Å². The largest absolute Gasteiger partial charge is 0.319 e. The Kier molecular flexibility index (Phi) is 5.34. The summed E-state index contributed by atoms with van der Waals surface area (Å²) in [4.78, 5) is 12.4. The number of hydrogen-bond acceptors (Lipinski definition) is 5. The third-order valence-corrected chi connectivity index (χ3v) is 6.46. The lowest BCUT2D eigenvalue weighted by Gasteiger charge is -2.11. The first kappa shape index (κ1) is 19.8. The van der Waals surface area contributed by atoms with Crippen molar-refractivity contribution in [2.75, 3.05) is 16.8 Å². The summed E-state index contributed by atoms with van der Waals surface area (Å²) in [6, 6.07) is 7.25. The molecular weight excluding hydrogens is 383 g/mol. The third-order valence-electron chi connectivity index (χ3n) is 4.71. The van der Waals surface area contributed by atoms with Crippen molar-refractivity contribution >= 4 is 27.5 Å². The van der Waals surface area contributed by atoms with Crippen LogP contribution in [0.15, 0.2) is 29.8 Å². The minimum atomic E-state index is -3.07. The molecule has 0 saturated carbocycles. The molecule has 0 spiro atoms. The molecule has 1 aromatic heterocycles. The van der Waals surface area contributed by atoms with Gasteiger partial charge in [0.2, 0.25) is 0 Å². The van der Waals surface area contributed by atoms with E-state index in [2.05, 4.69) is 10.4 Å². The summed E-state index contributed by atoms with van der Waals surface area (Å²) in [6.45, 7) is 3.49. The molecule has 1 atom stereocenters. The molecule has 28 heavy (non-hydrogen) atoms. The van der Waals surface area contributed by atoms with E-state index in [1.54, 1.807) is 24.6 Å². The highest BCUT2D eigenvalue weighted by atomic mass is 32.2. The van der Waals surface area contributed by atoms with Gasteiger partial charge in [-0.1, -0.05) is 12.1 Å². The van der Waals surface area contributed by atoms with Gasteiger partial charge in [-0.2, -0.15) is 10.4 Å². The second-order valence-corrected chi connectivity index (χ2v) is 8.92. The molecule has 9 heteroatoms. The molecule has 2 aromatic rings. The van der Waals surface area contributed by atoms with E-state index in [-0.39, 0.29) is 28.8 Å². The minimum Gasteiger partial charge on any atom is -0.319 e. The van der Waals surface area contributed by atoms with Crippen molar-refractivity contribution in [2.24, 2.45) is 0 Å². The maximum atomic E-state index is 13.7. The van der Waals surface area contributed by atoms with Crippen molar-refractivity contribution in [1.29, 1.82) is 5.26 Å². The van der Waals surface area contributed by atoms with E-state index in [9.17, 15) is 22.9 Å². The van der Waals surface area contributed by atoms with Gasteiger partial charge in [-0.15, -0.1) is 0 Å². The molecule has 3 rings (SSSR count). The zero-order valence-electron chi connectivity index (χ0n) is 15.4. The quantitative estimate of drug-likeness (QED) is 0.625. The number of nitriles is 1. The molecule has 1 amide bonds. The normalized spacial score (nSPS) is 18.6. The highest BCUT2D eigenvalue weighted by Gasteiger charge is 2.31. The van der Waals surface area contributed by atoms with Crippen LogP contribution in [-0.4, -0.2) is 35.6 Å². The van der Waals surface area contributed by atoms with Crippen LogP contribution in [0.3, 0.4) is 0 Å². The molecular formula is C19H19FN4O3S. The summed E-state index contributed by atoms with van der Waals surface area (Å²) in [7, 11) is -3.07. The van der Waals surface area contributed by atoms with Gasteiger partial charge < -0.3 is 5.32 Å². The van der Waals surface area contributed by atoms with Gasteiger partial charge in [0.15, 0.2) is 9.84 Å². The highest BCUT2D eigenvalue weighted by molar-refractivity contribution is 7.91. The number of aryl methyl sites for hydroxylation is 1. The van der Waals surface area contributed by atoms with E-state index in [0.717, 1.165) is 0 Å². The monoisotopic (exact) mass is 402 g/mol. The highest BCUT2D eigenvalue weighted by Crippen LogP contribution is 2.28. The number of nitrogens with one attached hydrogen (secondary N) is 1. The Morgan fingerprint density at radius 2 is 2.11 bits per heavy atom. The number of nitrogens with zero attached hydrogens (tertiary/aromatic N) is 3. The summed E-state index contributed by atoms with van der Waals surface area (Å²) in [5, 5.41) is 16.2. The molecule has 0 radical (unpaired) electrons. The average Bonchev–Trinajstić information content (AvgIpc) is 3.14. The predicted octanol–water partition coefficient (Wildman–Crippen LogP) is 2.54. The van der Waals surface area contributed by atoms with Gasteiger partial charge in [0.25, 0.3) is 5.91 Å². The van der Waals surface area contributed by atoms with Gasteiger partial charge in [-0.05, 0) is 38.5 Å². The molecule has 7 nitrogen and oxygen atoms in total. The van der Waals surface area contributed by atoms with E-state index in [1.165, 1.54) is 24.3 Å². The summed E-state index contributed by atoms with van der Waals surface area (Å²) >= 11 is 0. The van der Waals surface area contributed by atoms with Crippen LogP contribution in [0.4, 0.5) is 10.1 Å². The van der Waals surface area contributed by atoms with Gasteiger partial charge in [0.05, 0.1) is 28.9 Å². The lowest BCUT2D eigenvalue weighted by Crippen LogP contribution is -2.15. The number of benzene rings is 1. The van der Waals surface area contributed by atoms with Gasteiger partial charge in [-0.3, -0.25) is 9.48 Å². The Balaban J connectivity index is 1.90. The lowest BCUT2D eigenvalue weighted by atomic mass is 10.1. The summed E-state index contributed by atoms with van der Waals surface area (Å²) in [6.07, 6.45) is 1.88. The fourth-order valence-corrected chi connectivity index (χ4v) is 4.95. The SMILES string of the molecule is Cc1nn([C@H]2CCS(=O)(=O)C2)c(C)c1/C=C(\C#N)C(=O)Nc1ccccc1F. The van der Waals surface area contributed by atoms with E-state index >= 15 is 0 Å². The number of amides is 1. The first-order valence-electron chi connectivity index (χ1n) is 8.65. The maximum absolute atomic E-state index is 13.7. The summed E-state index contributed by atoms with van der Waals surface area (Å²) < 4.78 is 38.9. The molecule has 146 valence electrons.